The Morgan fingerprint density at radius 2 is 2.00 bits per heavy atom. The molecule has 0 unspecified atom stereocenters. The van der Waals surface area contributed by atoms with Crippen LogP contribution in [0.1, 0.15) is 21.6 Å². The normalized spacial score (nSPS) is 11.8. The first-order valence-corrected chi connectivity index (χ1v) is 5.11. The van der Waals surface area contributed by atoms with Gasteiger partial charge < -0.3 is 9.72 Å². The molecule has 96 valence electrons. The summed E-state index contributed by atoms with van der Waals surface area (Å²) in [6.07, 6.45) is -4.38. The van der Waals surface area contributed by atoms with Crippen molar-refractivity contribution in [1.82, 2.24) is 4.98 Å². The summed E-state index contributed by atoms with van der Waals surface area (Å²) >= 11 is 0. The molecule has 0 saturated carbocycles. The molecular formula is C12H10F3NO2. The van der Waals surface area contributed by atoms with Crippen LogP contribution < -0.4 is 4.74 Å². The van der Waals surface area contributed by atoms with E-state index in [9.17, 15) is 18.0 Å². The van der Waals surface area contributed by atoms with Gasteiger partial charge >= 0.3 is 6.18 Å². The SMILES string of the molecule is COc1cc(C)c2[nH]c(C(F)(F)F)c(C=O)c2c1. The summed E-state index contributed by atoms with van der Waals surface area (Å²) in [6, 6.07) is 3.02. The van der Waals surface area contributed by atoms with Crippen molar-refractivity contribution in [3.63, 3.8) is 0 Å². The summed E-state index contributed by atoms with van der Waals surface area (Å²) in [7, 11) is 1.42. The molecule has 6 heteroatoms. The Balaban J connectivity index is 2.85. The van der Waals surface area contributed by atoms with Crippen LogP contribution in [0.5, 0.6) is 5.75 Å². The number of H-pyrrole nitrogens is 1. The highest BCUT2D eigenvalue weighted by Crippen LogP contribution is 2.36. The van der Waals surface area contributed by atoms with Gasteiger partial charge in [-0.3, -0.25) is 4.79 Å². The van der Waals surface area contributed by atoms with Gasteiger partial charge in [0.15, 0.2) is 6.29 Å². The minimum absolute atomic E-state index is 0.209. The lowest BCUT2D eigenvalue weighted by molar-refractivity contribution is -0.140. The van der Waals surface area contributed by atoms with Crippen molar-refractivity contribution in [2.45, 2.75) is 13.1 Å². The second kappa shape index (κ2) is 4.04. The number of rotatable bonds is 2. The molecule has 0 atom stereocenters. The fraction of sp³-hybridized carbons (Fsp3) is 0.250. The van der Waals surface area contributed by atoms with Crippen LogP contribution in [0.3, 0.4) is 0 Å². The number of methoxy groups -OCH3 is 1. The zero-order chi connectivity index (χ0) is 13.5. The second-order valence-corrected chi connectivity index (χ2v) is 3.90. The van der Waals surface area contributed by atoms with E-state index in [-0.39, 0.29) is 17.2 Å². The molecule has 0 spiro atoms. The Morgan fingerprint density at radius 1 is 1.33 bits per heavy atom. The van der Waals surface area contributed by atoms with E-state index in [2.05, 4.69) is 4.98 Å². The summed E-state index contributed by atoms with van der Waals surface area (Å²) in [5.41, 5.74) is -0.531. The number of carbonyl (C=O) groups is 1. The fourth-order valence-corrected chi connectivity index (χ4v) is 1.92. The van der Waals surface area contributed by atoms with Crippen molar-refractivity contribution in [2.75, 3.05) is 7.11 Å². The Labute approximate surface area is 101 Å². The molecular weight excluding hydrogens is 247 g/mol. The fourth-order valence-electron chi connectivity index (χ4n) is 1.92. The van der Waals surface area contributed by atoms with E-state index in [4.69, 9.17) is 4.74 Å². The number of aldehydes is 1. The van der Waals surface area contributed by atoms with E-state index in [0.29, 0.717) is 16.8 Å². The van der Waals surface area contributed by atoms with Crippen molar-refractivity contribution in [2.24, 2.45) is 0 Å². The maximum atomic E-state index is 12.8. The molecule has 0 aliphatic heterocycles. The van der Waals surface area contributed by atoms with Crippen LogP contribution in [-0.2, 0) is 6.18 Å². The number of aromatic amines is 1. The molecule has 1 heterocycles. The zero-order valence-corrected chi connectivity index (χ0v) is 9.68. The first kappa shape index (κ1) is 12.5. The number of benzene rings is 1. The van der Waals surface area contributed by atoms with Crippen molar-refractivity contribution in [3.05, 3.63) is 29.0 Å². The van der Waals surface area contributed by atoms with Crippen molar-refractivity contribution < 1.29 is 22.7 Å². The molecule has 0 bridgehead atoms. The van der Waals surface area contributed by atoms with Gasteiger partial charge in [0.25, 0.3) is 0 Å². The molecule has 0 saturated heterocycles. The lowest BCUT2D eigenvalue weighted by atomic mass is 10.1. The molecule has 0 aliphatic carbocycles. The highest BCUT2D eigenvalue weighted by atomic mass is 19.4. The van der Waals surface area contributed by atoms with Crippen LogP contribution in [0.15, 0.2) is 12.1 Å². The van der Waals surface area contributed by atoms with Crippen LogP contribution in [0.25, 0.3) is 10.9 Å². The summed E-state index contributed by atoms with van der Waals surface area (Å²) < 4.78 is 43.3. The average molecular weight is 257 g/mol. The summed E-state index contributed by atoms with van der Waals surface area (Å²) in [4.78, 5) is 13.2. The third-order valence-electron chi connectivity index (χ3n) is 2.76. The molecule has 3 nitrogen and oxygen atoms in total. The van der Waals surface area contributed by atoms with Crippen LogP contribution in [0.2, 0.25) is 0 Å². The number of hydrogen-bond acceptors (Lipinski definition) is 2. The topological polar surface area (TPSA) is 42.1 Å². The van der Waals surface area contributed by atoms with Crippen molar-refractivity contribution in [1.29, 1.82) is 0 Å². The van der Waals surface area contributed by atoms with E-state index in [1.165, 1.54) is 13.2 Å². The highest BCUT2D eigenvalue weighted by Gasteiger charge is 2.36. The predicted molar refractivity (Wildman–Crippen MR) is 60.0 cm³/mol. The minimum Gasteiger partial charge on any atom is -0.497 e. The molecule has 18 heavy (non-hydrogen) atoms. The first-order valence-electron chi connectivity index (χ1n) is 5.11. The van der Waals surface area contributed by atoms with E-state index >= 15 is 0 Å². The number of nitrogens with one attached hydrogen (secondary N) is 1. The number of carbonyl (C=O) groups excluding carboxylic acids is 1. The smallest absolute Gasteiger partial charge is 0.431 e. The summed E-state index contributed by atoms with van der Waals surface area (Å²) in [5.74, 6) is 0.413. The molecule has 1 N–H and O–H groups in total. The van der Waals surface area contributed by atoms with Crippen LogP contribution >= 0.6 is 0 Å². The van der Waals surface area contributed by atoms with Crippen molar-refractivity contribution in [3.8, 4) is 5.75 Å². The van der Waals surface area contributed by atoms with Gasteiger partial charge in [-0.1, -0.05) is 0 Å². The van der Waals surface area contributed by atoms with Crippen LogP contribution in [0.4, 0.5) is 13.2 Å². The number of alkyl halides is 3. The number of halogens is 3. The lowest BCUT2D eigenvalue weighted by Crippen LogP contribution is -2.08. The van der Waals surface area contributed by atoms with Gasteiger partial charge in [0.1, 0.15) is 11.4 Å². The van der Waals surface area contributed by atoms with E-state index in [1.54, 1.807) is 13.0 Å². The first-order chi connectivity index (χ1) is 8.38. The quantitative estimate of drug-likeness (QED) is 0.838. The van der Waals surface area contributed by atoms with Crippen LogP contribution in [-0.4, -0.2) is 18.4 Å². The Hall–Kier alpha value is -1.98. The number of hydrogen-bond donors (Lipinski definition) is 1. The maximum absolute atomic E-state index is 12.8. The summed E-state index contributed by atoms with van der Waals surface area (Å²) in [6.45, 7) is 1.65. The highest BCUT2D eigenvalue weighted by molar-refractivity contribution is 6.01. The molecule has 0 radical (unpaired) electrons. The van der Waals surface area contributed by atoms with Gasteiger partial charge in [-0.05, 0) is 24.6 Å². The minimum atomic E-state index is -4.59. The molecule has 1 aromatic heterocycles. The molecule has 1 aromatic carbocycles. The Bertz CT molecular complexity index is 614. The van der Waals surface area contributed by atoms with Gasteiger partial charge in [-0.15, -0.1) is 0 Å². The molecule has 0 amide bonds. The zero-order valence-electron chi connectivity index (χ0n) is 9.68. The number of ether oxygens (including phenoxy) is 1. The summed E-state index contributed by atoms with van der Waals surface area (Å²) in [5, 5.41) is 0.217. The molecule has 2 aromatic rings. The van der Waals surface area contributed by atoms with E-state index in [1.807, 2.05) is 0 Å². The largest absolute Gasteiger partial charge is 0.497 e. The standard InChI is InChI=1S/C12H10F3NO2/c1-6-3-7(18-2)4-8-9(5-17)11(12(13,14)15)16-10(6)8/h3-5,16H,1-2H3. The predicted octanol–water partition coefficient (Wildman–Crippen LogP) is 3.32. The second-order valence-electron chi connectivity index (χ2n) is 3.90. The molecule has 0 fully saturated rings. The van der Waals surface area contributed by atoms with Gasteiger partial charge in [0.05, 0.1) is 12.7 Å². The Kier molecular flexibility index (Phi) is 2.80. The third kappa shape index (κ3) is 1.83. The average Bonchev–Trinajstić information content (AvgIpc) is 2.67. The maximum Gasteiger partial charge on any atom is 0.431 e. The van der Waals surface area contributed by atoms with Gasteiger partial charge in [0, 0.05) is 10.9 Å². The molecule has 2 rings (SSSR count). The van der Waals surface area contributed by atoms with Crippen molar-refractivity contribution >= 4 is 17.2 Å². The number of aryl methyl sites for hydroxylation is 1. The number of fused-ring (bicyclic) bond motifs is 1. The van der Waals surface area contributed by atoms with E-state index < -0.39 is 11.9 Å². The van der Waals surface area contributed by atoms with Crippen LogP contribution in [0, 0.1) is 6.92 Å². The van der Waals surface area contributed by atoms with Gasteiger partial charge in [-0.25, -0.2) is 0 Å². The van der Waals surface area contributed by atoms with Gasteiger partial charge in [-0.2, -0.15) is 13.2 Å². The lowest BCUT2D eigenvalue weighted by Gasteiger charge is -2.03. The Morgan fingerprint density at radius 3 is 2.50 bits per heavy atom. The number of aromatic nitrogens is 1. The van der Waals surface area contributed by atoms with E-state index in [0.717, 1.165) is 0 Å². The third-order valence-corrected chi connectivity index (χ3v) is 2.76. The monoisotopic (exact) mass is 257 g/mol. The molecule has 0 aliphatic rings. The van der Waals surface area contributed by atoms with Gasteiger partial charge in [0.2, 0.25) is 0 Å².